The van der Waals surface area contributed by atoms with E-state index in [0.717, 1.165) is 18.1 Å². The van der Waals surface area contributed by atoms with Crippen molar-refractivity contribution in [3.05, 3.63) is 59.7 Å². The van der Waals surface area contributed by atoms with Crippen LogP contribution in [0, 0.1) is 0 Å². The van der Waals surface area contributed by atoms with Gasteiger partial charge in [-0.1, -0.05) is 25.1 Å². The second-order valence-corrected chi connectivity index (χ2v) is 9.99. The summed E-state index contributed by atoms with van der Waals surface area (Å²) in [5.41, 5.74) is 1.40. The summed E-state index contributed by atoms with van der Waals surface area (Å²) in [5, 5.41) is 2.88. The molecule has 2 rings (SSSR count). The molecule has 0 radical (unpaired) electrons. The van der Waals surface area contributed by atoms with Gasteiger partial charge in [-0.15, -0.1) is 0 Å². The SMILES string of the molecule is CCC(NC(=O)c1cccc(NS(C)(=O)=O)c1)c1ccc(S(C)(=O)=O)cc1. The van der Waals surface area contributed by atoms with Gasteiger partial charge in [0.2, 0.25) is 10.0 Å². The maximum atomic E-state index is 12.5. The standard InChI is InChI=1S/C18H22N2O5S2/c1-4-17(13-8-10-16(11-9-13)26(2,22)23)19-18(21)14-6-5-7-15(12-14)20-27(3,24)25/h5-12,17,20H,4H2,1-3H3,(H,19,21). The van der Waals surface area contributed by atoms with Gasteiger partial charge in [-0.3, -0.25) is 9.52 Å². The number of nitrogens with one attached hydrogen (secondary N) is 2. The van der Waals surface area contributed by atoms with E-state index >= 15 is 0 Å². The first-order chi connectivity index (χ1) is 12.5. The Morgan fingerprint density at radius 1 is 1.00 bits per heavy atom. The minimum absolute atomic E-state index is 0.215. The largest absolute Gasteiger partial charge is 0.345 e. The maximum Gasteiger partial charge on any atom is 0.251 e. The van der Waals surface area contributed by atoms with Crippen molar-refractivity contribution in [2.45, 2.75) is 24.3 Å². The minimum atomic E-state index is -3.44. The number of benzene rings is 2. The van der Waals surface area contributed by atoms with Crippen molar-refractivity contribution < 1.29 is 21.6 Å². The van der Waals surface area contributed by atoms with E-state index in [9.17, 15) is 21.6 Å². The molecule has 1 amide bonds. The van der Waals surface area contributed by atoms with Crippen molar-refractivity contribution in [1.29, 1.82) is 0 Å². The van der Waals surface area contributed by atoms with Gasteiger partial charge in [0.05, 0.1) is 17.2 Å². The van der Waals surface area contributed by atoms with Crippen LogP contribution in [0.3, 0.4) is 0 Å². The van der Waals surface area contributed by atoms with Gasteiger partial charge in [0.15, 0.2) is 9.84 Å². The zero-order chi connectivity index (χ0) is 20.2. The monoisotopic (exact) mass is 410 g/mol. The highest BCUT2D eigenvalue weighted by Gasteiger charge is 2.16. The Labute approximate surface area is 159 Å². The maximum absolute atomic E-state index is 12.5. The molecule has 1 atom stereocenters. The van der Waals surface area contributed by atoms with Crippen molar-refractivity contribution >= 4 is 31.5 Å². The zero-order valence-electron chi connectivity index (χ0n) is 15.3. The van der Waals surface area contributed by atoms with E-state index in [0.29, 0.717) is 17.7 Å². The number of amides is 1. The molecule has 2 aromatic carbocycles. The molecule has 0 bridgehead atoms. The highest BCUT2D eigenvalue weighted by atomic mass is 32.2. The van der Waals surface area contributed by atoms with Crippen molar-refractivity contribution in [3.8, 4) is 0 Å². The summed E-state index contributed by atoms with van der Waals surface area (Å²) in [6.07, 6.45) is 2.77. The Morgan fingerprint density at radius 3 is 2.15 bits per heavy atom. The lowest BCUT2D eigenvalue weighted by Crippen LogP contribution is -2.28. The third-order valence-electron chi connectivity index (χ3n) is 3.85. The van der Waals surface area contributed by atoms with Crippen LogP contribution < -0.4 is 10.0 Å². The summed E-state index contributed by atoms with van der Waals surface area (Å²) in [4.78, 5) is 12.8. The molecule has 0 fully saturated rings. The molecule has 146 valence electrons. The second-order valence-electron chi connectivity index (χ2n) is 6.23. The molecular formula is C18H22N2O5S2. The highest BCUT2D eigenvalue weighted by Crippen LogP contribution is 2.20. The number of sulfonamides is 1. The fourth-order valence-corrected chi connectivity index (χ4v) is 3.73. The molecule has 1 unspecified atom stereocenters. The zero-order valence-corrected chi connectivity index (χ0v) is 16.9. The average Bonchev–Trinajstić information content (AvgIpc) is 2.57. The number of hydrogen-bond acceptors (Lipinski definition) is 5. The molecule has 0 aliphatic rings. The van der Waals surface area contributed by atoms with Crippen molar-refractivity contribution in [3.63, 3.8) is 0 Å². The van der Waals surface area contributed by atoms with E-state index in [1.807, 2.05) is 6.92 Å². The lowest BCUT2D eigenvalue weighted by Gasteiger charge is -2.18. The Kier molecular flexibility index (Phi) is 6.27. The molecule has 9 heteroatoms. The smallest absolute Gasteiger partial charge is 0.251 e. The number of carbonyl (C=O) groups is 1. The molecule has 0 heterocycles. The normalized spacial score (nSPS) is 13.0. The quantitative estimate of drug-likeness (QED) is 0.728. The summed E-state index contributed by atoms with van der Waals surface area (Å²) < 4.78 is 48.1. The van der Waals surface area contributed by atoms with Crippen LogP contribution in [0.2, 0.25) is 0 Å². The number of anilines is 1. The summed E-state index contributed by atoms with van der Waals surface area (Å²) >= 11 is 0. The first-order valence-corrected chi connectivity index (χ1v) is 12.0. The summed E-state index contributed by atoms with van der Waals surface area (Å²) in [6.45, 7) is 1.90. The van der Waals surface area contributed by atoms with E-state index in [-0.39, 0.29) is 16.8 Å². The molecule has 0 aliphatic heterocycles. The van der Waals surface area contributed by atoms with Gasteiger partial charge in [-0.05, 0) is 42.3 Å². The van der Waals surface area contributed by atoms with Crippen LogP contribution in [0.1, 0.15) is 35.3 Å². The molecule has 2 N–H and O–H groups in total. The first-order valence-electron chi connectivity index (χ1n) is 8.18. The van der Waals surface area contributed by atoms with Crippen LogP contribution in [0.15, 0.2) is 53.4 Å². The third-order valence-corrected chi connectivity index (χ3v) is 5.59. The topological polar surface area (TPSA) is 109 Å². The minimum Gasteiger partial charge on any atom is -0.345 e. The Bertz CT molecular complexity index is 1030. The number of hydrogen-bond donors (Lipinski definition) is 2. The Morgan fingerprint density at radius 2 is 1.63 bits per heavy atom. The Hall–Kier alpha value is -2.39. The van der Waals surface area contributed by atoms with Crippen LogP contribution in [0.4, 0.5) is 5.69 Å². The van der Waals surface area contributed by atoms with Crippen molar-refractivity contribution in [1.82, 2.24) is 5.32 Å². The van der Waals surface area contributed by atoms with Crippen molar-refractivity contribution in [2.24, 2.45) is 0 Å². The van der Waals surface area contributed by atoms with E-state index in [4.69, 9.17) is 0 Å². The summed E-state index contributed by atoms with van der Waals surface area (Å²) in [6, 6.07) is 12.2. The molecule has 0 saturated heterocycles. The molecule has 0 spiro atoms. The van der Waals surface area contributed by atoms with E-state index in [2.05, 4.69) is 10.0 Å². The van der Waals surface area contributed by atoms with Gasteiger partial charge < -0.3 is 5.32 Å². The summed E-state index contributed by atoms with van der Waals surface area (Å²) in [5.74, 6) is -0.355. The van der Waals surface area contributed by atoms with Gasteiger partial charge in [-0.25, -0.2) is 16.8 Å². The predicted molar refractivity (Wildman–Crippen MR) is 105 cm³/mol. The van der Waals surface area contributed by atoms with Gasteiger partial charge in [0, 0.05) is 17.5 Å². The van der Waals surface area contributed by atoms with Gasteiger partial charge in [-0.2, -0.15) is 0 Å². The molecule has 7 nitrogen and oxygen atoms in total. The molecule has 0 aromatic heterocycles. The fourth-order valence-electron chi connectivity index (χ4n) is 2.55. The lowest BCUT2D eigenvalue weighted by molar-refractivity contribution is 0.0935. The molecular weight excluding hydrogens is 388 g/mol. The fraction of sp³-hybridized carbons (Fsp3) is 0.278. The van der Waals surface area contributed by atoms with E-state index < -0.39 is 19.9 Å². The van der Waals surface area contributed by atoms with Gasteiger partial charge >= 0.3 is 0 Å². The highest BCUT2D eigenvalue weighted by molar-refractivity contribution is 7.92. The van der Waals surface area contributed by atoms with Crippen molar-refractivity contribution in [2.75, 3.05) is 17.2 Å². The Balaban J connectivity index is 2.19. The second kappa shape index (κ2) is 8.10. The average molecular weight is 411 g/mol. The molecule has 0 saturated carbocycles. The predicted octanol–water partition coefficient (Wildman–Crippen LogP) is 2.34. The number of sulfone groups is 1. The third kappa shape index (κ3) is 6.07. The van der Waals surface area contributed by atoms with Gasteiger partial charge in [0.25, 0.3) is 5.91 Å². The summed E-state index contributed by atoms with van der Waals surface area (Å²) in [7, 11) is -6.72. The van der Waals surface area contributed by atoms with E-state index in [1.54, 1.807) is 30.3 Å². The molecule has 2 aromatic rings. The van der Waals surface area contributed by atoms with Crippen LogP contribution in [-0.4, -0.2) is 35.3 Å². The van der Waals surface area contributed by atoms with Crippen LogP contribution in [0.5, 0.6) is 0 Å². The van der Waals surface area contributed by atoms with Crippen LogP contribution in [-0.2, 0) is 19.9 Å². The first kappa shape index (κ1) is 20.9. The number of carbonyl (C=O) groups excluding carboxylic acids is 1. The lowest BCUT2D eigenvalue weighted by atomic mass is 10.0. The van der Waals surface area contributed by atoms with Gasteiger partial charge in [0.1, 0.15) is 0 Å². The molecule has 0 aliphatic carbocycles. The van der Waals surface area contributed by atoms with E-state index in [1.165, 1.54) is 18.2 Å². The van der Waals surface area contributed by atoms with Crippen LogP contribution in [0.25, 0.3) is 0 Å². The van der Waals surface area contributed by atoms with Crippen LogP contribution >= 0.6 is 0 Å². The molecule has 27 heavy (non-hydrogen) atoms. The number of rotatable bonds is 7.